The summed E-state index contributed by atoms with van der Waals surface area (Å²) in [6.45, 7) is 1.85. The quantitative estimate of drug-likeness (QED) is 0.705. The Bertz CT molecular complexity index is 1080. The second-order valence-electron chi connectivity index (χ2n) is 8.03. The zero-order valence-corrected chi connectivity index (χ0v) is 17.3. The summed E-state index contributed by atoms with van der Waals surface area (Å²) >= 11 is 0. The Morgan fingerprint density at radius 3 is 2.97 bits per heavy atom. The van der Waals surface area contributed by atoms with E-state index < -0.39 is 17.4 Å². The van der Waals surface area contributed by atoms with E-state index in [0.717, 1.165) is 13.0 Å². The molecule has 2 aliphatic rings. The fraction of sp³-hybridized carbons (Fsp3) is 0.391. The van der Waals surface area contributed by atoms with Crippen molar-refractivity contribution < 1.29 is 19.4 Å². The molecule has 2 amide bonds. The normalized spacial score (nSPS) is 23.0. The zero-order valence-electron chi connectivity index (χ0n) is 17.3. The number of nitrogens with two attached hydrogens (primary N) is 1. The van der Waals surface area contributed by atoms with Crippen LogP contribution in [0.5, 0.6) is 0 Å². The number of amides is 2. The topological polar surface area (TPSA) is 119 Å². The standard InChI is InChI=1S/C23H24N4O4/c1-27-9-8-23(30,22(27)29)7-5-15-3-2-4-17(11-15)21-25-13-18(19(26-21)20(24)28)12-16-6-10-31-14-16/h2-4,11,13,16,30H,6,8-10,12,14H2,1H3,(H2,24,28)/t16-,23-/m0/s1. The molecule has 1 aromatic heterocycles. The highest BCUT2D eigenvalue weighted by atomic mass is 16.5. The van der Waals surface area contributed by atoms with E-state index in [1.54, 1.807) is 37.5 Å². The Kier molecular flexibility index (Phi) is 5.72. The maximum atomic E-state index is 12.1. The van der Waals surface area contributed by atoms with Gasteiger partial charge in [0.05, 0.1) is 0 Å². The fourth-order valence-electron chi connectivity index (χ4n) is 3.85. The molecule has 4 rings (SSSR count). The van der Waals surface area contributed by atoms with Gasteiger partial charge in [0.2, 0.25) is 5.60 Å². The van der Waals surface area contributed by atoms with Crippen LogP contribution < -0.4 is 5.73 Å². The van der Waals surface area contributed by atoms with E-state index >= 15 is 0 Å². The van der Waals surface area contributed by atoms with Crippen molar-refractivity contribution in [2.75, 3.05) is 26.8 Å². The van der Waals surface area contributed by atoms with Crippen molar-refractivity contribution in [3.05, 3.63) is 47.3 Å². The Morgan fingerprint density at radius 1 is 1.45 bits per heavy atom. The summed E-state index contributed by atoms with van der Waals surface area (Å²) in [7, 11) is 1.64. The summed E-state index contributed by atoms with van der Waals surface area (Å²) in [5, 5.41) is 10.5. The van der Waals surface area contributed by atoms with Gasteiger partial charge in [-0.15, -0.1) is 0 Å². The molecule has 3 N–H and O–H groups in total. The molecule has 0 aliphatic carbocycles. The van der Waals surface area contributed by atoms with Gasteiger partial charge in [-0.3, -0.25) is 9.59 Å². The summed E-state index contributed by atoms with van der Waals surface area (Å²) in [6.07, 6.45) is 3.50. The van der Waals surface area contributed by atoms with Crippen LogP contribution in [0.25, 0.3) is 11.4 Å². The Labute approximate surface area is 180 Å². The Hall–Kier alpha value is -3.28. The molecule has 2 aliphatic heterocycles. The van der Waals surface area contributed by atoms with Gasteiger partial charge in [-0.05, 0) is 30.9 Å². The highest BCUT2D eigenvalue weighted by molar-refractivity contribution is 5.92. The lowest BCUT2D eigenvalue weighted by Crippen LogP contribution is -2.37. The van der Waals surface area contributed by atoms with E-state index in [0.29, 0.717) is 48.0 Å². The predicted molar refractivity (Wildman–Crippen MR) is 113 cm³/mol. The molecule has 3 heterocycles. The number of carbonyl (C=O) groups is 2. The maximum absolute atomic E-state index is 12.1. The van der Waals surface area contributed by atoms with Crippen LogP contribution in [0.4, 0.5) is 0 Å². The number of aromatic nitrogens is 2. The molecule has 0 spiro atoms. The van der Waals surface area contributed by atoms with Crippen LogP contribution in [0.3, 0.4) is 0 Å². The third-order valence-corrected chi connectivity index (χ3v) is 5.67. The first-order chi connectivity index (χ1) is 14.9. The van der Waals surface area contributed by atoms with Gasteiger partial charge in [-0.25, -0.2) is 9.97 Å². The number of primary amides is 1. The second-order valence-corrected chi connectivity index (χ2v) is 8.03. The average Bonchev–Trinajstić information content (AvgIpc) is 3.37. The first kappa shape index (κ1) is 21.0. The van der Waals surface area contributed by atoms with E-state index in [9.17, 15) is 14.7 Å². The van der Waals surface area contributed by atoms with Crippen LogP contribution in [0.2, 0.25) is 0 Å². The number of likely N-dealkylation sites (N-methyl/N-ethyl adjacent to an activating group) is 1. The van der Waals surface area contributed by atoms with E-state index in [4.69, 9.17) is 10.5 Å². The summed E-state index contributed by atoms with van der Waals surface area (Å²) in [4.78, 5) is 34.4. The molecule has 2 atom stereocenters. The molecule has 0 radical (unpaired) electrons. The third kappa shape index (κ3) is 4.43. The molecule has 0 bridgehead atoms. The van der Waals surface area contributed by atoms with Crippen LogP contribution in [0.15, 0.2) is 30.5 Å². The molecule has 160 valence electrons. The smallest absolute Gasteiger partial charge is 0.267 e. The molecular formula is C23H24N4O4. The number of hydrogen-bond donors (Lipinski definition) is 2. The van der Waals surface area contributed by atoms with E-state index in [1.165, 1.54) is 4.90 Å². The lowest BCUT2D eigenvalue weighted by molar-refractivity contribution is -0.137. The minimum atomic E-state index is -1.66. The van der Waals surface area contributed by atoms with Crippen LogP contribution in [-0.2, 0) is 16.0 Å². The zero-order chi connectivity index (χ0) is 22.0. The molecule has 0 saturated carbocycles. The van der Waals surface area contributed by atoms with Gasteiger partial charge in [-0.2, -0.15) is 0 Å². The van der Waals surface area contributed by atoms with Crippen molar-refractivity contribution >= 4 is 11.8 Å². The molecule has 31 heavy (non-hydrogen) atoms. The van der Waals surface area contributed by atoms with Crippen molar-refractivity contribution in [2.45, 2.75) is 24.9 Å². The summed E-state index contributed by atoms with van der Waals surface area (Å²) < 4.78 is 5.40. The molecule has 1 aromatic carbocycles. The van der Waals surface area contributed by atoms with Crippen molar-refractivity contribution in [1.82, 2.24) is 14.9 Å². The number of nitrogens with zero attached hydrogens (tertiary/aromatic N) is 3. The Balaban J connectivity index is 1.60. The minimum absolute atomic E-state index is 0.210. The molecule has 2 aromatic rings. The number of hydrogen-bond acceptors (Lipinski definition) is 6. The lowest BCUT2D eigenvalue weighted by Gasteiger charge is -2.13. The fourth-order valence-corrected chi connectivity index (χ4v) is 3.85. The van der Waals surface area contributed by atoms with Crippen LogP contribution in [0.1, 0.15) is 34.5 Å². The third-order valence-electron chi connectivity index (χ3n) is 5.67. The summed E-state index contributed by atoms with van der Waals surface area (Å²) in [6, 6.07) is 7.11. The predicted octanol–water partition coefficient (Wildman–Crippen LogP) is 0.766. The number of aliphatic hydroxyl groups is 1. The van der Waals surface area contributed by atoms with Crippen molar-refractivity contribution in [2.24, 2.45) is 11.7 Å². The first-order valence-corrected chi connectivity index (χ1v) is 10.2. The van der Waals surface area contributed by atoms with Crippen LogP contribution in [0, 0.1) is 17.8 Å². The average molecular weight is 420 g/mol. The molecule has 0 unspecified atom stereocenters. The number of carbonyl (C=O) groups excluding carboxylic acids is 2. The van der Waals surface area contributed by atoms with Crippen molar-refractivity contribution in [1.29, 1.82) is 0 Å². The summed E-state index contributed by atoms with van der Waals surface area (Å²) in [5.74, 6) is 5.27. The largest absolute Gasteiger partial charge is 0.381 e. The van der Waals surface area contributed by atoms with Gasteiger partial charge >= 0.3 is 0 Å². The molecule has 2 saturated heterocycles. The van der Waals surface area contributed by atoms with Crippen LogP contribution in [-0.4, -0.2) is 64.2 Å². The minimum Gasteiger partial charge on any atom is -0.381 e. The monoisotopic (exact) mass is 420 g/mol. The molecular weight excluding hydrogens is 396 g/mol. The van der Waals surface area contributed by atoms with E-state index in [-0.39, 0.29) is 12.1 Å². The van der Waals surface area contributed by atoms with Gasteiger partial charge in [0.1, 0.15) is 5.69 Å². The first-order valence-electron chi connectivity index (χ1n) is 10.2. The van der Waals surface area contributed by atoms with Crippen molar-refractivity contribution in [3.8, 4) is 23.2 Å². The molecule has 8 heteroatoms. The molecule has 2 fully saturated rings. The van der Waals surface area contributed by atoms with Crippen molar-refractivity contribution in [3.63, 3.8) is 0 Å². The van der Waals surface area contributed by atoms with Gasteiger partial charge in [0, 0.05) is 56.1 Å². The number of rotatable bonds is 4. The van der Waals surface area contributed by atoms with Crippen LogP contribution >= 0.6 is 0 Å². The summed E-state index contributed by atoms with van der Waals surface area (Å²) in [5.41, 5.74) is 6.10. The second kappa shape index (κ2) is 8.46. The lowest BCUT2D eigenvalue weighted by atomic mass is 9.98. The maximum Gasteiger partial charge on any atom is 0.267 e. The Morgan fingerprint density at radius 2 is 2.29 bits per heavy atom. The highest BCUT2D eigenvalue weighted by Gasteiger charge is 2.42. The van der Waals surface area contributed by atoms with Gasteiger partial charge in [-0.1, -0.05) is 24.0 Å². The number of benzene rings is 1. The molecule has 8 nitrogen and oxygen atoms in total. The van der Waals surface area contributed by atoms with Gasteiger partial charge in [0.25, 0.3) is 11.8 Å². The highest BCUT2D eigenvalue weighted by Crippen LogP contribution is 2.23. The van der Waals surface area contributed by atoms with Gasteiger partial charge in [0.15, 0.2) is 5.82 Å². The number of likely N-dealkylation sites (tertiary alicyclic amines) is 1. The number of ether oxygens (including phenoxy) is 1. The SMILES string of the molecule is CN1CC[C@@](O)(C#Cc2cccc(-c3ncc(C[C@@H]4CCOC4)c(C(N)=O)n3)c2)C1=O. The van der Waals surface area contributed by atoms with E-state index in [1.807, 2.05) is 0 Å². The van der Waals surface area contributed by atoms with E-state index in [2.05, 4.69) is 21.8 Å². The van der Waals surface area contributed by atoms with Gasteiger partial charge < -0.3 is 20.5 Å².